The van der Waals surface area contributed by atoms with Crippen molar-refractivity contribution in [3.05, 3.63) is 28.0 Å². The molecular weight excluding hydrogens is 285 g/mol. The van der Waals surface area contributed by atoms with Gasteiger partial charge in [0.1, 0.15) is 0 Å². The molecule has 0 aliphatic heterocycles. The van der Waals surface area contributed by atoms with Crippen molar-refractivity contribution in [3.63, 3.8) is 0 Å². The van der Waals surface area contributed by atoms with Crippen LogP contribution in [0.3, 0.4) is 0 Å². The first kappa shape index (κ1) is 12.8. The van der Waals surface area contributed by atoms with Crippen molar-refractivity contribution < 1.29 is 9.50 Å². The van der Waals surface area contributed by atoms with Crippen LogP contribution < -0.4 is 5.73 Å². The summed E-state index contributed by atoms with van der Waals surface area (Å²) in [5, 5.41) is 9.79. The van der Waals surface area contributed by atoms with Crippen LogP contribution in [0.15, 0.2) is 16.6 Å². The van der Waals surface area contributed by atoms with Gasteiger partial charge >= 0.3 is 0 Å². The molecule has 0 spiro atoms. The van der Waals surface area contributed by atoms with Crippen molar-refractivity contribution in [2.24, 2.45) is 11.7 Å². The van der Waals surface area contributed by atoms with Crippen LogP contribution in [0.4, 0.5) is 4.39 Å². The molecule has 94 valence electrons. The Hall–Kier alpha value is -0.610. The summed E-state index contributed by atoms with van der Waals surface area (Å²) in [6.07, 6.45) is 5.75. The van der Waals surface area contributed by atoms with Crippen LogP contribution in [-0.2, 0) is 0 Å². The summed E-state index contributed by atoms with van der Waals surface area (Å²) in [6.45, 7) is 0. The molecular formula is C13H17BrFNO. The molecule has 1 aromatic rings. The Morgan fingerprint density at radius 2 is 1.94 bits per heavy atom. The highest BCUT2D eigenvalue weighted by Crippen LogP contribution is 2.38. The normalized spacial score (nSPS) is 19.2. The number of aromatic hydroxyl groups is 1. The topological polar surface area (TPSA) is 46.2 Å². The fourth-order valence-electron chi connectivity index (χ4n) is 2.57. The average Bonchev–Trinajstić information content (AvgIpc) is 2.36. The first-order valence-corrected chi connectivity index (χ1v) is 6.83. The third-order valence-electron chi connectivity index (χ3n) is 3.62. The zero-order chi connectivity index (χ0) is 12.4. The van der Waals surface area contributed by atoms with E-state index in [1.54, 1.807) is 12.1 Å². The molecule has 1 aromatic carbocycles. The Kier molecular flexibility index (Phi) is 4.05. The van der Waals surface area contributed by atoms with Crippen molar-refractivity contribution in [2.45, 2.75) is 38.1 Å². The van der Waals surface area contributed by atoms with Crippen LogP contribution in [0.25, 0.3) is 0 Å². The molecule has 1 aliphatic carbocycles. The van der Waals surface area contributed by atoms with E-state index in [1.165, 1.54) is 19.3 Å². The van der Waals surface area contributed by atoms with Gasteiger partial charge in [0.25, 0.3) is 0 Å². The van der Waals surface area contributed by atoms with E-state index < -0.39 is 5.82 Å². The van der Waals surface area contributed by atoms with Gasteiger partial charge in [-0.3, -0.25) is 0 Å². The maximum atomic E-state index is 13.6. The van der Waals surface area contributed by atoms with E-state index in [9.17, 15) is 9.50 Å². The Labute approximate surface area is 109 Å². The second-order valence-electron chi connectivity index (χ2n) is 4.72. The fourth-order valence-corrected chi connectivity index (χ4v) is 2.89. The summed E-state index contributed by atoms with van der Waals surface area (Å²) in [7, 11) is 0. The van der Waals surface area contributed by atoms with Crippen molar-refractivity contribution in [1.82, 2.24) is 0 Å². The number of rotatable bonds is 2. The van der Waals surface area contributed by atoms with Crippen LogP contribution in [0.1, 0.15) is 43.7 Å². The lowest BCUT2D eigenvalue weighted by Crippen LogP contribution is -2.23. The van der Waals surface area contributed by atoms with Gasteiger partial charge in [-0.25, -0.2) is 4.39 Å². The molecule has 3 N–H and O–H groups in total. The molecule has 0 bridgehead atoms. The van der Waals surface area contributed by atoms with Gasteiger partial charge in [-0.15, -0.1) is 0 Å². The molecule has 0 heterocycles. The van der Waals surface area contributed by atoms with E-state index in [-0.39, 0.29) is 16.3 Å². The number of phenols is 1. The summed E-state index contributed by atoms with van der Waals surface area (Å²) in [5.74, 6) is -0.568. The second-order valence-corrected chi connectivity index (χ2v) is 5.58. The maximum Gasteiger partial charge on any atom is 0.179 e. The Morgan fingerprint density at radius 1 is 1.29 bits per heavy atom. The van der Waals surface area contributed by atoms with Crippen LogP contribution in [0.5, 0.6) is 5.75 Å². The number of hydrogen-bond acceptors (Lipinski definition) is 2. The van der Waals surface area contributed by atoms with Gasteiger partial charge in [-0.2, -0.15) is 0 Å². The molecule has 0 unspecified atom stereocenters. The van der Waals surface area contributed by atoms with Gasteiger partial charge in [-0.05, 0) is 40.8 Å². The van der Waals surface area contributed by atoms with Gasteiger partial charge < -0.3 is 10.8 Å². The standard InChI is InChI=1S/C13H17BrFNO/c14-10-7-6-9(13(17)11(10)15)12(16)8-4-2-1-3-5-8/h6-8,12,17H,1-5,16H2/t12-/m0/s1. The van der Waals surface area contributed by atoms with E-state index >= 15 is 0 Å². The number of phenolic OH excluding ortho intramolecular Hbond substituents is 1. The molecule has 17 heavy (non-hydrogen) atoms. The van der Waals surface area contributed by atoms with Gasteiger partial charge in [0.05, 0.1) is 4.47 Å². The van der Waals surface area contributed by atoms with Crippen molar-refractivity contribution in [2.75, 3.05) is 0 Å². The van der Waals surface area contributed by atoms with Crippen LogP contribution in [0.2, 0.25) is 0 Å². The molecule has 0 radical (unpaired) electrons. The summed E-state index contributed by atoms with van der Waals surface area (Å²) in [4.78, 5) is 0. The van der Waals surface area contributed by atoms with Crippen molar-refractivity contribution in [3.8, 4) is 5.75 Å². The largest absolute Gasteiger partial charge is 0.505 e. The Balaban J connectivity index is 2.24. The molecule has 4 heteroatoms. The zero-order valence-electron chi connectivity index (χ0n) is 9.63. The predicted octanol–water partition coefficient (Wildman–Crippen LogP) is 3.87. The molecule has 1 saturated carbocycles. The van der Waals surface area contributed by atoms with E-state index in [2.05, 4.69) is 15.9 Å². The molecule has 1 fully saturated rings. The maximum absolute atomic E-state index is 13.6. The van der Waals surface area contributed by atoms with Crippen molar-refractivity contribution >= 4 is 15.9 Å². The van der Waals surface area contributed by atoms with Gasteiger partial charge in [0, 0.05) is 11.6 Å². The lowest BCUT2D eigenvalue weighted by atomic mass is 9.81. The molecule has 0 saturated heterocycles. The highest BCUT2D eigenvalue weighted by molar-refractivity contribution is 9.10. The van der Waals surface area contributed by atoms with Gasteiger partial charge in [0.15, 0.2) is 11.6 Å². The molecule has 1 atom stereocenters. The SMILES string of the molecule is N[C@H](c1ccc(Br)c(F)c1O)C1CCCCC1. The Bertz CT molecular complexity index is 405. The quantitative estimate of drug-likeness (QED) is 0.871. The summed E-state index contributed by atoms with van der Waals surface area (Å²) >= 11 is 3.05. The van der Waals surface area contributed by atoms with E-state index in [4.69, 9.17) is 5.73 Å². The summed E-state index contributed by atoms with van der Waals surface area (Å²) in [5.41, 5.74) is 6.67. The average molecular weight is 302 g/mol. The molecule has 2 rings (SSSR count). The number of hydrogen-bond donors (Lipinski definition) is 2. The monoisotopic (exact) mass is 301 g/mol. The number of benzene rings is 1. The van der Waals surface area contributed by atoms with Crippen LogP contribution >= 0.6 is 15.9 Å². The van der Waals surface area contributed by atoms with E-state index in [0.717, 1.165) is 12.8 Å². The third-order valence-corrected chi connectivity index (χ3v) is 4.23. The smallest absolute Gasteiger partial charge is 0.179 e. The number of nitrogens with two attached hydrogens (primary N) is 1. The number of halogens is 2. The predicted molar refractivity (Wildman–Crippen MR) is 69.3 cm³/mol. The first-order chi connectivity index (χ1) is 8.11. The minimum Gasteiger partial charge on any atom is -0.505 e. The highest BCUT2D eigenvalue weighted by atomic mass is 79.9. The van der Waals surface area contributed by atoms with Crippen LogP contribution in [-0.4, -0.2) is 5.11 Å². The highest BCUT2D eigenvalue weighted by Gasteiger charge is 2.25. The minimum absolute atomic E-state index is 0.266. The van der Waals surface area contributed by atoms with Crippen LogP contribution in [0, 0.1) is 11.7 Å². The zero-order valence-corrected chi connectivity index (χ0v) is 11.2. The first-order valence-electron chi connectivity index (χ1n) is 6.03. The minimum atomic E-state index is -0.617. The Morgan fingerprint density at radius 3 is 2.59 bits per heavy atom. The molecule has 1 aliphatic rings. The third kappa shape index (κ3) is 2.63. The summed E-state index contributed by atoms with van der Waals surface area (Å²) < 4.78 is 13.8. The second kappa shape index (κ2) is 5.36. The fraction of sp³-hybridized carbons (Fsp3) is 0.538. The molecule has 0 aromatic heterocycles. The lowest BCUT2D eigenvalue weighted by Gasteiger charge is -2.28. The van der Waals surface area contributed by atoms with E-state index in [1.807, 2.05) is 0 Å². The van der Waals surface area contributed by atoms with Gasteiger partial charge in [0.2, 0.25) is 0 Å². The van der Waals surface area contributed by atoms with E-state index in [0.29, 0.717) is 11.5 Å². The molecule has 2 nitrogen and oxygen atoms in total. The van der Waals surface area contributed by atoms with Crippen molar-refractivity contribution in [1.29, 1.82) is 0 Å². The lowest BCUT2D eigenvalue weighted by molar-refractivity contribution is 0.300. The summed E-state index contributed by atoms with van der Waals surface area (Å²) in [6, 6.07) is 3.05. The molecule has 0 amide bonds. The van der Waals surface area contributed by atoms with Gasteiger partial charge in [-0.1, -0.05) is 25.3 Å².